The molecule has 10 heteroatoms. The molecule has 2 aromatic carbocycles. The predicted molar refractivity (Wildman–Crippen MR) is 70.7 cm³/mol. The van der Waals surface area contributed by atoms with Crippen LogP contribution in [0.5, 0.6) is 23.0 Å². The molecule has 0 aliphatic heterocycles. The third-order valence-corrected chi connectivity index (χ3v) is 2.71. The van der Waals surface area contributed by atoms with E-state index in [1.807, 2.05) is 0 Å². The maximum absolute atomic E-state index is 12.3. The number of para-hydroxylation sites is 1. The second-order valence-electron chi connectivity index (χ2n) is 4.61. The lowest BCUT2D eigenvalue weighted by atomic mass is 10.2. The first kappa shape index (κ1) is 18.6. The second-order valence-corrected chi connectivity index (χ2v) is 4.61. The average molecular weight is 367 g/mol. The van der Waals surface area contributed by atoms with Crippen LogP contribution in [0.15, 0.2) is 42.5 Å². The van der Waals surface area contributed by atoms with Gasteiger partial charge in [-0.25, -0.2) is 0 Å². The minimum absolute atomic E-state index is 0.302. The molecule has 0 bridgehead atoms. The van der Waals surface area contributed by atoms with Gasteiger partial charge in [0.2, 0.25) is 11.5 Å². The van der Waals surface area contributed by atoms with Gasteiger partial charge >= 0.3 is 12.7 Å². The van der Waals surface area contributed by atoms with Crippen LogP contribution in [0.1, 0.15) is 5.56 Å². The van der Waals surface area contributed by atoms with E-state index in [4.69, 9.17) is 4.74 Å². The Morgan fingerprint density at radius 2 is 1.40 bits per heavy atom. The van der Waals surface area contributed by atoms with E-state index in [2.05, 4.69) is 9.47 Å². The molecule has 0 spiro atoms. The summed E-state index contributed by atoms with van der Waals surface area (Å²) < 4.78 is 85.5. The van der Waals surface area contributed by atoms with E-state index in [0.717, 1.165) is 30.3 Å². The molecule has 0 fully saturated rings. The van der Waals surface area contributed by atoms with Crippen LogP contribution in [0.25, 0.3) is 0 Å². The Labute approximate surface area is 137 Å². The van der Waals surface area contributed by atoms with Crippen LogP contribution in [-0.2, 0) is 11.7 Å². The van der Waals surface area contributed by atoms with Crippen LogP contribution in [0.4, 0.5) is 26.3 Å². The Bertz CT molecular complexity index is 709. The molecule has 2 rings (SSSR count). The lowest BCUT2D eigenvalue weighted by Crippen LogP contribution is -2.17. The summed E-state index contributed by atoms with van der Waals surface area (Å²) >= 11 is 0. The van der Waals surface area contributed by atoms with Crippen LogP contribution in [0.3, 0.4) is 0 Å². The molecule has 0 aromatic heterocycles. The van der Waals surface area contributed by atoms with Gasteiger partial charge in [-0.05, 0) is 29.8 Å². The van der Waals surface area contributed by atoms with E-state index in [9.17, 15) is 31.4 Å². The molecule has 0 saturated carbocycles. The van der Waals surface area contributed by atoms with Crippen molar-refractivity contribution in [3.8, 4) is 23.0 Å². The van der Waals surface area contributed by atoms with E-state index in [1.54, 1.807) is 0 Å². The summed E-state index contributed by atoms with van der Waals surface area (Å²) in [5.41, 5.74) is 0.302. The Balaban J connectivity index is 2.08. The summed E-state index contributed by atoms with van der Waals surface area (Å²) in [5, 5.41) is 11.6. The van der Waals surface area contributed by atoms with Crippen molar-refractivity contribution in [3.63, 3.8) is 0 Å². The van der Waals surface area contributed by atoms with Crippen LogP contribution in [0, 0.1) is 0 Å². The molecule has 0 atom stereocenters. The van der Waals surface area contributed by atoms with Crippen molar-refractivity contribution in [3.05, 3.63) is 48.0 Å². The summed E-state index contributed by atoms with van der Waals surface area (Å²) in [6.07, 6.45) is -9.86. The largest absolute Gasteiger partial charge is 0.573 e. The van der Waals surface area contributed by atoms with Gasteiger partial charge in [0.1, 0.15) is 12.4 Å². The fraction of sp³-hybridized carbons (Fsp3) is 0.200. The van der Waals surface area contributed by atoms with Gasteiger partial charge in [0, 0.05) is 0 Å². The topological polar surface area (TPSA) is 47.6 Å². The van der Waals surface area contributed by atoms with Crippen molar-refractivity contribution in [1.29, 1.82) is 0 Å². The van der Waals surface area contributed by atoms with Gasteiger partial charge in [-0.2, -0.15) is 0 Å². The third-order valence-electron chi connectivity index (χ3n) is 2.71. The molecule has 4 nitrogen and oxygen atoms in total. The zero-order chi connectivity index (χ0) is 18.7. The Morgan fingerprint density at radius 3 is 1.96 bits per heavy atom. The van der Waals surface area contributed by atoms with E-state index >= 15 is 0 Å². The number of halogens is 6. The summed E-state index contributed by atoms with van der Waals surface area (Å²) in [5.74, 6) is -2.77. The molecule has 0 aliphatic carbocycles. The van der Waals surface area contributed by atoms with E-state index in [1.165, 1.54) is 12.1 Å². The van der Waals surface area contributed by atoms with Gasteiger partial charge in [-0.15, -0.1) is 26.3 Å². The zero-order valence-corrected chi connectivity index (χ0v) is 12.1. The minimum Gasteiger partial charge on any atom is -0.481 e. The molecule has 135 valence electrons. The molecule has 0 N–H and O–H groups in total. The number of ether oxygens (including phenoxy) is 3. The molecule has 0 heterocycles. The predicted octanol–water partition coefficient (Wildman–Crippen LogP) is 5.21. The maximum Gasteiger partial charge on any atom is 0.573 e. The molecule has 1 radical (unpaired) electrons. The van der Waals surface area contributed by atoms with Crippen LogP contribution in [-0.4, -0.2) is 12.7 Å². The molecular weight excluding hydrogens is 358 g/mol. The quantitative estimate of drug-likeness (QED) is 0.682. The minimum atomic E-state index is -5.01. The fourth-order valence-electron chi connectivity index (χ4n) is 1.79. The molecule has 0 aliphatic rings. The Kier molecular flexibility index (Phi) is 5.19. The highest BCUT2D eigenvalue weighted by atomic mass is 19.4. The Hall–Kier alpha value is -2.78. The van der Waals surface area contributed by atoms with Gasteiger partial charge in [-0.3, -0.25) is 5.11 Å². The van der Waals surface area contributed by atoms with Crippen molar-refractivity contribution < 1.29 is 45.7 Å². The van der Waals surface area contributed by atoms with Gasteiger partial charge in [-0.1, -0.05) is 18.2 Å². The zero-order valence-electron chi connectivity index (χ0n) is 12.1. The number of benzene rings is 2. The highest BCUT2D eigenvalue weighted by Gasteiger charge is 2.33. The highest BCUT2D eigenvalue weighted by molar-refractivity contribution is 5.50. The van der Waals surface area contributed by atoms with Gasteiger partial charge in [0.25, 0.3) is 0 Å². The van der Waals surface area contributed by atoms with Crippen molar-refractivity contribution in [2.45, 2.75) is 19.3 Å². The molecule has 25 heavy (non-hydrogen) atoms. The first-order chi connectivity index (χ1) is 11.5. The maximum atomic E-state index is 12.3. The van der Waals surface area contributed by atoms with Crippen LogP contribution in [0.2, 0.25) is 0 Å². The first-order valence-electron chi connectivity index (χ1n) is 6.57. The summed E-state index contributed by atoms with van der Waals surface area (Å²) in [4.78, 5) is 0. The fourth-order valence-corrected chi connectivity index (χ4v) is 1.79. The summed E-state index contributed by atoms with van der Waals surface area (Å²) in [6, 6.07) is 7.38. The molecule has 0 amide bonds. The van der Waals surface area contributed by atoms with Gasteiger partial charge < -0.3 is 14.2 Å². The monoisotopic (exact) mass is 367 g/mol. The molecular formula is C15H9F6O4. The van der Waals surface area contributed by atoms with Crippen LogP contribution >= 0.6 is 0 Å². The van der Waals surface area contributed by atoms with Gasteiger partial charge in [0.15, 0.2) is 5.75 Å². The Morgan fingerprint density at radius 1 is 0.800 bits per heavy atom. The number of hydrogen-bond acceptors (Lipinski definition) is 3. The van der Waals surface area contributed by atoms with Crippen LogP contribution < -0.4 is 14.2 Å². The molecule has 0 saturated heterocycles. The number of alkyl halides is 6. The average Bonchev–Trinajstić information content (AvgIpc) is 2.45. The van der Waals surface area contributed by atoms with Gasteiger partial charge in [0.05, 0.1) is 0 Å². The molecule has 2 aromatic rings. The second kappa shape index (κ2) is 6.99. The highest BCUT2D eigenvalue weighted by Crippen LogP contribution is 2.39. The lowest BCUT2D eigenvalue weighted by Gasteiger charge is -2.14. The van der Waals surface area contributed by atoms with E-state index in [0.29, 0.717) is 5.56 Å². The molecule has 0 unspecified atom stereocenters. The first-order valence-corrected chi connectivity index (χ1v) is 6.57. The summed E-state index contributed by atoms with van der Waals surface area (Å²) in [6.45, 7) is -0.361. The van der Waals surface area contributed by atoms with Crippen molar-refractivity contribution in [1.82, 2.24) is 0 Å². The van der Waals surface area contributed by atoms with Crippen molar-refractivity contribution in [2.75, 3.05) is 0 Å². The number of hydrogen-bond donors (Lipinski definition) is 0. The van der Waals surface area contributed by atoms with E-state index in [-0.39, 0.29) is 6.61 Å². The van der Waals surface area contributed by atoms with Crippen molar-refractivity contribution in [2.24, 2.45) is 0 Å². The smallest absolute Gasteiger partial charge is 0.481 e. The van der Waals surface area contributed by atoms with E-state index < -0.39 is 35.7 Å². The SMILES string of the molecule is [O]c1cccc(OC(F)(F)F)c1OCc1ccc(OC(F)(F)F)cc1. The third kappa shape index (κ3) is 5.98. The normalized spacial score (nSPS) is 11.9. The lowest BCUT2D eigenvalue weighted by molar-refractivity contribution is -0.276. The van der Waals surface area contributed by atoms with Crippen molar-refractivity contribution >= 4 is 0 Å². The number of rotatable bonds is 5. The summed E-state index contributed by atoms with van der Waals surface area (Å²) in [7, 11) is 0. The standard InChI is InChI=1S/C15H9F6O4/c16-14(17,18)24-10-6-4-9(5-7-10)8-23-13-11(22)2-1-3-12(13)25-15(19,20)21/h1-7H,8H2.